The van der Waals surface area contributed by atoms with E-state index >= 15 is 0 Å². The van der Waals surface area contributed by atoms with Crippen molar-refractivity contribution in [3.63, 3.8) is 0 Å². The number of hydrogen-bond acceptors (Lipinski definition) is 5. The molecule has 0 fully saturated rings. The van der Waals surface area contributed by atoms with Crippen LogP contribution in [0.25, 0.3) is 0 Å². The van der Waals surface area contributed by atoms with Gasteiger partial charge in [0.2, 0.25) is 5.91 Å². The normalized spacial score (nSPS) is 9.69. The van der Waals surface area contributed by atoms with Crippen molar-refractivity contribution in [2.75, 3.05) is 19.6 Å². The minimum Gasteiger partial charge on any atom is -0.480 e. The summed E-state index contributed by atoms with van der Waals surface area (Å²) in [6.07, 6.45) is 0.521. The summed E-state index contributed by atoms with van der Waals surface area (Å²) in [4.78, 5) is 32.1. The lowest BCUT2D eigenvalue weighted by Crippen LogP contribution is -2.42. The monoisotopic (exact) mass is 189 g/mol. The Morgan fingerprint density at radius 3 is 2.46 bits per heavy atom. The average molecular weight is 189 g/mol. The molecule has 0 aromatic carbocycles. The first-order chi connectivity index (χ1) is 6.10. The highest BCUT2D eigenvalue weighted by molar-refractivity contribution is 5.78. The number of aldehydes is 1. The smallest absolute Gasteiger partial charge is 0.317 e. The summed E-state index contributed by atoms with van der Waals surface area (Å²) >= 11 is 0. The molecule has 0 aromatic rings. The zero-order valence-corrected chi connectivity index (χ0v) is 6.90. The van der Waals surface area contributed by atoms with Crippen LogP contribution in [-0.4, -0.2) is 47.8 Å². The van der Waals surface area contributed by atoms with Crippen LogP contribution in [0, 0.1) is 0 Å². The van der Waals surface area contributed by atoms with Gasteiger partial charge in [-0.25, -0.2) is 5.84 Å². The fourth-order valence-electron chi connectivity index (χ4n) is 0.730. The second kappa shape index (κ2) is 6.09. The standard InChI is InChI=1S/C6H11N3O4/c7-8-5(11)3-9(1-2-10)4-6(12)13/h2H,1,3-4,7H2,(H,8,11)(H,12,13). The van der Waals surface area contributed by atoms with E-state index in [2.05, 4.69) is 0 Å². The molecule has 0 spiro atoms. The highest BCUT2D eigenvalue weighted by atomic mass is 16.4. The van der Waals surface area contributed by atoms with Crippen molar-refractivity contribution in [2.45, 2.75) is 0 Å². The van der Waals surface area contributed by atoms with Crippen molar-refractivity contribution in [1.82, 2.24) is 10.3 Å². The maximum Gasteiger partial charge on any atom is 0.317 e. The molecule has 0 aliphatic heterocycles. The van der Waals surface area contributed by atoms with Crippen molar-refractivity contribution in [3.05, 3.63) is 0 Å². The minimum absolute atomic E-state index is 0.111. The van der Waals surface area contributed by atoms with Gasteiger partial charge in [0.25, 0.3) is 0 Å². The van der Waals surface area contributed by atoms with Gasteiger partial charge in [-0.15, -0.1) is 0 Å². The molecule has 0 rings (SSSR count). The quantitative estimate of drug-likeness (QED) is 0.185. The minimum atomic E-state index is -1.10. The number of carbonyl (C=O) groups excluding carboxylic acids is 2. The van der Waals surface area contributed by atoms with E-state index in [-0.39, 0.29) is 19.6 Å². The Hall–Kier alpha value is -1.47. The van der Waals surface area contributed by atoms with Crippen LogP contribution in [0.3, 0.4) is 0 Å². The van der Waals surface area contributed by atoms with Crippen LogP contribution in [0.2, 0.25) is 0 Å². The summed E-state index contributed by atoms with van der Waals surface area (Å²) in [5, 5.41) is 8.38. The van der Waals surface area contributed by atoms with Crippen molar-refractivity contribution < 1.29 is 19.5 Å². The fraction of sp³-hybridized carbons (Fsp3) is 0.500. The van der Waals surface area contributed by atoms with Gasteiger partial charge in [0.05, 0.1) is 19.6 Å². The van der Waals surface area contributed by atoms with Gasteiger partial charge in [-0.3, -0.25) is 19.9 Å². The van der Waals surface area contributed by atoms with E-state index < -0.39 is 11.9 Å². The van der Waals surface area contributed by atoms with Gasteiger partial charge in [0, 0.05) is 0 Å². The Balaban J connectivity index is 4.00. The number of hydrogen-bond donors (Lipinski definition) is 3. The van der Waals surface area contributed by atoms with Gasteiger partial charge in [-0.2, -0.15) is 0 Å². The molecule has 4 N–H and O–H groups in total. The second-order valence-electron chi connectivity index (χ2n) is 2.30. The Labute approximate surface area is 74.5 Å². The lowest BCUT2D eigenvalue weighted by Gasteiger charge is -2.15. The third-order valence-corrected chi connectivity index (χ3v) is 1.22. The van der Waals surface area contributed by atoms with Crippen molar-refractivity contribution >= 4 is 18.2 Å². The number of carbonyl (C=O) groups is 3. The molecule has 74 valence electrons. The molecule has 13 heavy (non-hydrogen) atoms. The summed E-state index contributed by atoms with van der Waals surface area (Å²) in [5.41, 5.74) is 1.84. The van der Waals surface area contributed by atoms with Crippen molar-refractivity contribution in [1.29, 1.82) is 0 Å². The summed E-state index contributed by atoms with van der Waals surface area (Å²) in [5.74, 6) is 3.14. The van der Waals surface area contributed by atoms with Crippen molar-refractivity contribution in [2.24, 2.45) is 5.84 Å². The highest BCUT2D eigenvalue weighted by Gasteiger charge is 2.12. The number of carboxylic acids is 1. The molecular weight excluding hydrogens is 178 g/mol. The molecule has 7 heteroatoms. The zero-order valence-electron chi connectivity index (χ0n) is 6.90. The lowest BCUT2D eigenvalue weighted by atomic mass is 10.4. The number of nitrogens with zero attached hydrogens (tertiary/aromatic N) is 1. The van der Waals surface area contributed by atoms with Gasteiger partial charge in [-0.1, -0.05) is 0 Å². The Morgan fingerprint density at radius 1 is 1.46 bits per heavy atom. The van der Waals surface area contributed by atoms with Crippen LogP contribution in [0.5, 0.6) is 0 Å². The van der Waals surface area contributed by atoms with E-state index in [9.17, 15) is 14.4 Å². The number of nitrogens with one attached hydrogen (secondary N) is 1. The molecular formula is C6H11N3O4. The number of nitrogens with two attached hydrogens (primary N) is 1. The zero-order chi connectivity index (χ0) is 10.3. The summed E-state index contributed by atoms with van der Waals surface area (Å²) < 4.78 is 0. The van der Waals surface area contributed by atoms with Crippen LogP contribution in [0.15, 0.2) is 0 Å². The lowest BCUT2D eigenvalue weighted by molar-refractivity contribution is -0.138. The van der Waals surface area contributed by atoms with Crippen LogP contribution in [0.4, 0.5) is 0 Å². The first-order valence-electron chi connectivity index (χ1n) is 3.47. The Bertz CT molecular complexity index is 206. The maximum absolute atomic E-state index is 10.7. The third kappa shape index (κ3) is 5.76. The molecule has 0 aromatic heterocycles. The van der Waals surface area contributed by atoms with E-state index in [0.29, 0.717) is 6.29 Å². The largest absolute Gasteiger partial charge is 0.480 e. The van der Waals surface area contributed by atoms with Gasteiger partial charge in [0.15, 0.2) is 0 Å². The molecule has 0 aliphatic carbocycles. The maximum atomic E-state index is 10.7. The third-order valence-electron chi connectivity index (χ3n) is 1.22. The van der Waals surface area contributed by atoms with Gasteiger partial charge in [0.1, 0.15) is 6.29 Å². The Kier molecular flexibility index (Phi) is 5.40. The van der Waals surface area contributed by atoms with Crippen LogP contribution >= 0.6 is 0 Å². The second-order valence-corrected chi connectivity index (χ2v) is 2.30. The molecule has 0 aliphatic rings. The Morgan fingerprint density at radius 2 is 2.08 bits per heavy atom. The SMILES string of the molecule is NNC(=O)CN(CC=O)CC(=O)O. The number of rotatable bonds is 6. The molecule has 0 bridgehead atoms. The molecule has 1 amide bonds. The summed E-state index contributed by atoms with van der Waals surface area (Å²) in [6.45, 7) is -0.687. The summed E-state index contributed by atoms with van der Waals surface area (Å²) in [7, 11) is 0. The molecule has 0 atom stereocenters. The number of carboxylic acid groups (broad SMARTS) is 1. The first kappa shape index (κ1) is 11.5. The van der Waals surface area contributed by atoms with Gasteiger partial charge in [-0.05, 0) is 0 Å². The molecule has 0 heterocycles. The van der Waals surface area contributed by atoms with Crippen LogP contribution in [-0.2, 0) is 14.4 Å². The number of hydrazine groups is 1. The molecule has 7 nitrogen and oxygen atoms in total. The van der Waals surface area contributed by atoms with E-state index in [1.807, 2.05) is 5.43 Å². The first-order valence-corrected chi connectivity index (χ1v) is 3.47. The number of amides is 1. The van der Waals surface area contributed by atoms with E-state index in [4.69, 9.17) is 10.9 Å². The van der Waals surface area contributed by atoms with Crippen molar-refractivity contribution in [3.8, 4) is 0 Å². The predicted molar refractivity (Wildman–Crippen MR) is 42.5 cm³/mol. The van der Waals surface area contributed by atoms with E-state index in [1.54, 1.807) is 0 Å². The molecule has 0 saturated heterocycles. The van der Waals surface area contributed by atoms with Gasteiger partial charge < -0.3 is 9.90 Å². The van der Waals surface area contributed by atoms with E-state index in [1.165, 1.54) is 0 Å². The predicted octanol–water partition coefficient (Wildman–Crippen LogP) is -2.44. The topological polar surface area (TPSA) is 113 Å². The highest BCUT2D eigenvalue weighted by Crippen LogP contribution is 1.85. The molecule has 0 saturated carbocycles. The van der Waals surface area contributed by atoms with Gasteiger partial charge >= 0.3 is 5.97 Å². The molecule has 0 unspecified atom stereocenters. The van der Waals surface area contributed by atoms with E-state index in [0.717, 1.165) is 4.90 Å². The summed E-state index contributed by atoms with van der Waals surface area (Å²) in [6, 6.07) is 0. The molecule has 0 radical (unpaired) electrons. The number of aliphatic carboxylic acids is 1. The fourth-order valence-corrected chi connectivity index (χ4v) is 0.730. The van der Waals surface area contributed by atoms with Crippen LogP contribution < -0.4 is 11.3 Å². The average Bonchev–Trinajstić information content (AvgIpc) is 2.03. The van der Waals surface area contributed by atoms with Crippen LogP contribution in [0.1, 0.15) is 0 Å².